The number of nitrogens with one attached hydrogen (secondary N) is 1. The second-order valence-electron chi connectivity index (χ2n) is 3.87. The number of benzene rings is 1. The molecule has 100 valence electrons. The minimum atomic E-state index is -0.167. The highest BCUT2D eigenvalue weighted by Crippen LogP contribution is 2.22. The van der Waals surface area contributed by atoms with Crippen molar-refractivity contribution in [3.05, 3.63) is 23.2 Å². The average Bonchev–Trinajstić information content (AvgIpc) is 2.32. The second kappa shape index (κ2) is 7.20. The molecule has 1 amide bonds. The summed E-state index contributed by atoms with van der Waals surface area (Å²) in [6.07, 6.45) is 0. The van der Waals surface area contributed by atoms with Gasteiger partial charge in [0.25, 0.3) is 0 Å². The Morgan fingerprint density at radius 1 is 1.56 bits per heavy atom. The van der Waals surface area contributed by atoms with Crippen LogP contribution in [-0.4, -0.2) is 42.2 Å². The number of carbonyl (C=O) groups is 1. The SMILES string of the molecule is CCN(CCO)CC(=O)Nc1ccc(Cl)cc1N. The summed E-state index contributed by atoms with van der Waals surface area (Å²) in [6.45, 7) is 3.35. The zero-order valence-corrected chi connectivity index (χ0v) is 11.1. The molecule has 0 atom stereocenters. The standard InChI is InChI=1S/C12H18ClN3O2/c1-2-16(5-6-17)8-12(18)15-11-4-3-9(13)7-10(11)14/h3-4,7,17H,2,5-6,8,14H2,1H3,(H,15,18). The van der Waals surface area contributed by atoms with Crippen LogP contribution in [0.5, 0.6) is 0 Å². The van der Waals surface area contributed by atoms with Crippen LogP contribution in [0.25, 0.3) is 0 Å². The molecule has 1 rings (SSSR count). The van der Waals surface area contributed by atoms with Gasteiger partial charge in [0.05, 0.1) is 24.5 Å². The molecule has 1 aromatic rings. The third-order valence-corrected chi connectivity index (χ3v) is 2.75. The zero-order chi connectivity index (χ0) is 13.5. The molecule has 4 N–H and O–H groups in total. The normalized spacial score (nSPS) is 10.7. The summed E-state index contributed by atoms with van der Waals surface area (Å²) in [5.74, 6) is -0.167. The van der Waals surface area contributed by atoms with Crippen molar-refractivity contribution in [1.82, 2.24) is 4.90 Å². The van der Waals surface area contributed by atoms with Crippen LogP contribution >= 0.6 is 11.6 Å². The van der Waals surface area contributed by atoms with Crippen molar-refractivity contribution in [1.29, 1.82) is 0 Å². The van der Waals surface area contributed by atoms with E-state index in [4.69, 9.17) is 22.4 Å². The summed E-state index contributed by atoms with van der Waals surface area (Å²) < 4.78 is 0. The van der Waals surface area contributed by atoms with Crippen LogP contribution in [-0.2, 0) is 4.79 Å². The summed E-state index contributed by atoms with van der Waals surface area (Å²) >= 11 is 5.77. The molecule has 0 aliphatic carbocycles. The number of nitrogens with zero attached hydrogens (tertiary/aromatic N) is 1. The van der Waals surface area contributed by atoms with Crippen molar-refractivity contribution in [2.24, 2.45) is 0 Å². The number of likely N-dealkylation sites (N-methyl/N-ethyl adjacent to an activating group) is 1. The molecule has 0 unspecified atom stereocenters. The van der Waals surface area contributed by atoms with Crippen LogP contribution < -0.4 is 11.1 Å². The highest BCUT2D eigenvalue weighted by molar-refractivity contribution is 6.31. The van der Waals surface area contributed by atoms with Gasteiger partial charge in [0, 0.05) is 11.6 Å². The van der Waals surface area contributed by atoms with Crippen molar-refractivity contribution < 1.29 is 9.90 Å². The molecule has 0 aliphatic rings. The first-order valence-electron chi connectivity index (χ1n) is 5.75. The summed E-state index contributed by atoms with van der Waals surface area (Å²) in [5.41, 5.74) is 6.72. The Morgan fingerprint density at radius 3 is 2.83 bits per heavy atom. The lowest BCUT2D eigenvalue weighted by molar-refractivity contribution is -0.117. The van der Waals surface area contributed by atoms with E-state index in [1.807, 2.05) is 11.8 Å². The van der Waals surface area contributed by atoms with Gasteiger partial charge in [0.2, 0.25) is 5.91 Å². The molecule has 0 fully saturated rings. The molecule has 1 aromatic carbocycles. The quantitative estimate of drug-likeness (QED) is 0.679. The van der Waals surface area contributed by atoms with E-state index in [9.17, 15) is 4.79 Å². The molecule has 0 aromatic heterocycles. The van der Waals surface area contributed by atoms with Gasteiger partial charge >= 0.3 is 0 Å². The van der Waals surface area contributed by atoms with Gasteiger partial charge in [-0.3, -0.25) is 9.69 Å². The number of anilines is 2. The highest BCUT2D eigenvalue weighted by atomic mass is 35.5. The van der Waals surface area contributed by atoms with Gasteiger partial charge < -0.3 is 16.2 Å². The van der Waals surface area contributed by atoms with Crippen LogP contribution in [0.15, 0.2) is 18.2 Å². The Hall–Kier alpha value is -1.30. The van der Waals surface area contributed by atoms with Crippen LogP contribution in [0.3, 0.4) is 0 Å². The third-order valence-electron chi connectivity index (χ3n) is 2.52. The molecule has 5 nitrogen and oxygen atoms in total. The van der Waals surface area contributed by atoms with E-state index in [-0.39, 0.29) is 19.1 Å². The van der Waals surface area contributed by atoms with Crippen LogP contribution in [0, 0.1) is 0 Å². The van der Waals surface area contributed by atoms with Crippen molar-refractivity contribution in [3.63, 3.8) is 0 Å². The molecule has 0 saturated heterocycles. The fourth-order valence-corrected chi connectivity index (χ4v) is 1.71. The Morgan fingerprint density at radius 2 is 2.28 bits per heavy atom. The lowest BCUT2D eigenvalue weighted by Gasteiger charge is -2.18. The maximum absolute atomic E-state index is 11.8. The first-order valence-corrected chi connectivity index (χ1v) is 6.12. The Bertz CT molecular complexity index is 412. The first kappa shape index (κ1) is 14.8. The van der Waals surface area contributed by atoms with E-state index in [0.29, 0.717) is 29.5 Å². The van der Waals surface area contributed by atoms with E-state index >= 15 is 0 Å². The number of amides is 1. The zero-order valence-electron chi connectivity index (χ0n) is 10.3. The van der Waals surface area contributed by atoms with Crippen molar-refractivity contribution in [2.45, 2.75) is 6.92 Å². The second-order valence-corrected chi connectivity index (χ2v) is 4.31. The highest BCUT2D eigenvalue weighted by Gasteiger charge is 2.10. The molecular weight excluding hydrogens is 254 g/mol. The van der Waals surface area contributed by atoms with Crippen molar-refractivity contribution >= 4 is 28.9 Å². The number of hydrogen-bond acceptors (Lipinski definition) is 4. The van der Waals surface area contributed by atoms with E-state index < -0.39 is 0 Å². The molecule has 0 spiro atoms. The molecular formula is C12H18ClN3O2. The maximum Gasteiger partial charge on any atom is 0.238 e. The molecule has 0 radical (unpaired) electrons. The van der Waals surface area contributed by atoms with Gasteiger partial charge in [-0.2, -0.15) is 0 Å². The van der Waals surface area contributed by atoms with Gasteiger partial charge in [-0.25, -0.2) is 0 Å². The van der Waals surface area contributed by atoms with Gasteiger partial charge in [-0.15, -0.1) is 0 Å². The molecule has 0 bridgehead atoms. The smallest absolute Gasteiger partial charge is 0.238 e. The maximum atomic E-state index is 11.8. The molecule has 18 heavy (non-hydrogen) atoms. The predicted molar refractivity (Wildman–Crippen MR) is 73.7 cm³/mol. The first-order chi connectivity index (χ1) is 8.56. The fraction of sp³-hybridized carbons (Fsp3) is 0.417. The Kier molecular flexibility index (Phi) is 5.91. The van der Waals surface area contributed by atoms with E-state index in [0.717, 1.165) is 0 Å². The van der Waals surface area contributed by atoms with Crippen molar-refractivity contribution in [2.75, 3.05) is 37.3 Å². The van der Waals surface area contributed by atoms with Crippen LogP contribution in [0.4, 0.5) is 11.4 Å². The number of carbonyl (C=O) groups excluding carboxylic acids is 1. The molecule has 0 heterocycles. The summed E-state index contributed by atoms with van der Waals surface area (Å²) in [6, 6.07) is 4.92. The summed E-state index contributed by atoms with van der Waals surface area (Å²) in [5, 5.41) is 12.1. The van der Waals surface area contributed by atoms with Gasteiger partial charge in [0.1, 0.15) is 0 Å². The van der Waals surface area contributed by atoms with Crippen LogP contribution in [0.1, 0.15) is 6.92 Å². The van der Waals surface area contributed by atoms with Gasteiger partial charge in [0.15, 0.2) is 0 Å². The van der Waals surface area contributed by atoms with Crippen LogP contribution in [0.2, 0.25) is 5.02 Å². The molecule has 0 saturated carbocycles. The Labute approximate surface area is 112 Å². The lowest BCUT2D eigenvalue weighted by atomic mass is 10.2. The predicted octanol–water partition coefficient (Wildman–Crippen LogP) is 1.17. The number of nitrogens with two attached hydrogens (primary N) is 1. The summed E-state index contributed by atoms with van der Waals surface area (Å²) in [4.78, 5) is 13.6. The summed E-state index contributed by atoms with van der Waals surface area (Å²) in [7, 11) is 0. The number of aliphatic hydroxyl groups excluding tert-OH is 1. The van der Waals surface area contributed by atoms with Gasteiger partial charge in [-0.1, -0.05) is 18.5 Å². The van der Waals surface area contributed by atoms with Gasteiger partial charge in [-0.05, 0) is 24.7 Å². The topological polar surface area (TPSA) is 78.6 Å². The number of aliphatic hydroxyl groups is 1. The number of hydrogen-bond donors (Lipinski definition) is 3. The van der Waals surface area contributed by atoms with Crippen molar-refractivity contribution in [3.8, 4) is 0 Å². The third kappa shape index (κ3) is 4.52. The van der Waals surface area contributed by atoms with E-state index in [2.05, 4.69) is 5.32 Å². The van der Waals surface area contributed by atoms with E-state index in [1.165, 1.54) is 0 Å². The number of rotatable bonds is 6. The molecule has 0 aliphatic heterocycles. The number of nitrogen functional groups attached to an aromatic ring is 1. The largest absolute Gasteiger partial charge is 0.397 e. The fourth-order valence-electron chi connectivity index (χ4n) is 1.53. The monoisotopic (exact) mass is 271 g/mol. The molecule has 6 heteroatoms. The number of halogens is 1. The van der Waals surface area contributed by atoms with E-state index in [1.54, 1.807) is 18.2 Å². The minimum Gasteiger partial charge on any atom is -0.397 e. The average molecular weight is 272 g/mol. The Balaban J connectivity index is 2.58. The lowest BCUT2D eigenvalue weighted by Crippen LogP contribution is -2.35. The minimum absolute atomic E-state index is 0.0319.